The highest BCUT2D eigenvalue weighted by Gasteiger charge is 2.21. The van der Waals surface area contributed by atoms with Gasteiger partial charge in [0.25, 0.3) is 10.0 Å². The van der Waals surface area contributed by atoms with Gasteiger partial charge in [-0.15, -0.1) is 0 Å². The SMILES string of the molecule is Cc1ccc(S(=O)(=O)NC(=O)Nc2c(C#N)cnn2-c2ccccn2)cc1. The van der Waals surface area contributed by atoms with Crippen LogP contribution in [0.5, 0.6) is 0 Å². The number of sulfonamides is 1. The minimum absolute atomic E-state index is 0.00723. The summed E-state index contributed by atoms with van der Waals surface area (Å²) in [4.78, 5) is 16.3. The van der Waals surface area contributed by atoms with Crippen molar-refractivity contribution in [2.45, 2.75) is 11.8 Å². The molecule has 0 unspecified atom stereocenters. The van der Waals surface area contributed by atoms with Crippen LogP contribution in [0, 0.1) is 18.3 Å². The number of aromatic nitrogens is 3. The number of nitrogens with zero attached hydrogens (tertiary/aromatic N) is 4. The smallest absolute Gasteiger partial charge is 0.290 e. The van der Waals surface area contributed by atoms with Crippen LogP contribution >= 0.6 is 0 Å². The zero-order chi connectivity index (χ0) is 19.4. The largest absolute Gasteiger partial charge is 0.334 e. The number of hydrogen-bond acceptors (Lipinski definition) is 6. The predicted octanol–water partition coefficient (Wildman–Crippen LogP) is 1.96. The summed E-state index contributed by atoms with van der Waals surface area (Å²) in [6, 6.07) is 11.9. The van der Waals surface area contributed by atoms with Gasteiger partial charge in [0.1, 0.15) is 11.6 Å². The monoisotopic (exact) mass is 382 g/mol. The van der Waals surface area contributed by atoms with Crippen molar-refractivity contribution < 1.29 is 13.2 Å². The number of amides is 2. The Morgan fingerprint density at radius 3 is 2.56 bits per heavy atom. The van der Waals surface area contributed by atoms with Gasteiger partial charge in [0, 0.05) is 6.20 Å². The zero-order valence-electron chi connectivity index (χ0n) is 14.1. The molecule has 0 atom stereocenters. The lowest BCUT2D eigenvalue weighted by molar-refractivity contribution is 0.256. The molecular formula is C17H14N6O3S. The van der Waals surface area contributed by atoms with Gasteiger partial charge in [-0.25, -0.2) is 22.9 Å². The van der Waals surface area contributed by atoms with Crippen molar-refractivity contribution in [2.24, 2.45) is 0 Å². The Hall–Kier alpha value is -3.71. The zero-order valence-corrected chi connectivity index (χ0v) is 14.9. The van der Waals surface area contributed by atoms with Crippen LogP contribution in [0.15, 0.2) is 59.8 Å². The molecule has 2 amide bonds. The van der Waals surface area contributed by atoms with Crippen LogP contribution in [-0.4, -0.2) is 29.2 Å². The molecule has 2 aromatic heterocycles. The molecule has 2 heterocycles. The van der Waals surface area contributed by atoms with Crippen molar-refractivity contribution in [2.75, 3.05) is 5.32 Å². The topological polar surface area (TPSA) is 130 Å². The molecule has 1 aromatic carbocycles. The second-order valence-corrected chi connectivity index (χ2v) is 7.17. The standard InChI is InChI=1S/C17H14N6O3S/c1-12-5-7-14(8-6-12)27(25,26)22-17(24)21-16-13(10-18)11-20-23(16)15-4-2-3-9-19-15/h2-9,11H,1H3,(H2,21,22,24). The summed E-state index contributed by atoms with van der Waals surface area (Å²) < 4.78 is 27.8. The van der Waals surface area contributed by atoms with Crippen molar-refractivity contribution >= 4 is 21.9 Å². The van der Waals surface area contributed by atoms with E-state index in [9.17, 15) is 18.5 Å². The molecule has 0 saturated carbocycles. The van der Waals surface area contributed by atoms with Gasteiger partial charge in [-0.2, -0.15) is 15.0 Å². The van der Waals surface area contributed by atoms with E-state index in [4.69, 9.17) is 0 Å². The van der Waals surface area contributed by atoms with Gasteiger partial charge in [-0.05, 0) is 31.2 Å². The number of nitrogens with one attached hydrogen (secondary N) is 2. The number of carbonyl (C=O) groups is 1. The Balaban J connectivity index is 1.85. The van der Waals surface area contributed by atoms with Gasteiger partial charge in [0.15, 0.2) is 11.6 Å². The van der Waals surface area contributed by atoms with Crippen molar-refractivity contribution in [3.8, 4) is 11.9 Å². The predicted molar refractivity (Wildman–Crippen MR) is 96.6 cm³/mol. The van der Waals surface area contributed by atoms with Gasteiger partial charge < -0.3 is 0 Å². The van der Waals surface area contributed by atoms with Crippen molar-refractivity contribution in [1.29, 1.82) is 5.26 Å². The van der Waals surface area contributed by atoms with E-state index >= 15 is 0 Å². The maximum absolute atomic E-state index is 12.3. The average Bonchev–Trinajstić information content (AvgIpc) is 3.04. The van der Waals surface area contributed by atoms with Gasteiger partial charge in [-0.1, -0.05) is 23.8 Å². The summed E-state index contributed by atoms with van der Waals surface area (Å²) in [5.41, 5.74) is 0.944. The molecule has 10 heteroatoms. The average molecular weight is 382 g/mol. The van der Waals surface area contributed by atoms with E-state index in [2.05, 4.69) is 15.4 Å². The van der Waals surface area contributed by atoms with E-state index < -0.39 is 16.1 Å². The van der Waals surface area contributed by atoms with Crippen LogP contribution in [0.1, 0.15) is 11.1 Å². The van der Waals surface area contributed by atoms with Gasteiger partial charge in [0.05, 0.1) is 11.1 Å². The van der Waals surface area contributed by atoms with Crippen LogP contribution < -0.4 is 10.0 Å². The third-order valence-electron chi connectivity index (χ3n) is 3.55. The number of rotatable bonds is 4. The molecule has 0 aliphatic carbocycles. The van der Waals surface area contributed by atoms with E-state index in [1.54, 1.807) is 30.3 Å². The second-order valence-electron chi connectivity index (χ2n) is 5.49. The van der Waals surface area contributed by atoms with Crippen LogP contribution in [0.25, 0.3) is 5.82 Å². The number of anilines is 1. The fourth-order valence-electron chi connectivity index (χ4n) is 2.23. The van der Waals surface area contributed by atoms with Crippen molar-refractivity contribution in [1.82, 2.24) is 19.5 Å². The Labute approximate surface area is 155 Å². The summed E-state index contributed by atoms with van der Waals surface area (Å²) >= 11 is 0. The van der Waals surface area contributed by atoms with Gasteiger partial charge in [-0.3, -0.25) is 5.32 Å². The van der Waals surface area contributed by atoms with E-state index in [1.807, 2.05) is 17.7 Å². The Bertz CT molecular complexity index is 1120. The van der Waals surface area contributed by atoms with Crippen molar-refractivity contribution in [3.63, 3.8) is 0 Å². The molecule has 0 bridgehead atoms. The molecule has 3 aromatic rings. The number of urea groups is 1. The summed E-state index contributed by atoms with van der Waals surface area (Å²) in [5.74, 6) is 0.364. The molecule has 9 nitrogen and oxygen atoms in total. The maximum atomic E-state index is 12.3. The summed E-state index contributed by atoms with van der Waals surface area (Å²) in [5, 5.41) is 15.6. The number of carbonyl (C=O) groups excluding carboxylic acids is 1. The molecule has 0 aliphatic heterocycles. The third kappa shape index (κ3) is 3.94. The quantitative estimate of drug-likeness (QED) is 0.709. The molecular weight excluding hydrogens is 368 g/mol. The first-order chi connectivity index (χ1) is 12.9. The maximum Gasteiger partial charge on any atom is 0.334 e. The second kappa shape index (κ2) is 7.27. The summed E-state index contributed by atoms with van der Waals surface area (Å²) in [6.45, 7) is 1.82. The number of pyridine rings is 1. The molecule has 0 aliphatic rings. The number of hydrogen-bond donors (Lipinski definition) is 2. The molecule has 0 radical (unpaired) electrons. The first-order valence-corrected chi connectivity index (χ1v) is 9.19. The highest BCUT2D eigenvalue weighted by molar-refractivity contribution is 7.90. The molecule has 136 valence electrons. The lowest BCUT2D eigenvalue weighted by Gasteiger charge is -2.10. The Kier molecular flexibility index (Phi) is 4.87. The summed E-state index contributed by atoms with van der Waals surface area (Å²) in [6.07, 6.45) is 2.77. The van der Waals surface area contributed by atoms with Crippen LogP contribution in [-0.2, 0) is 10.0 Å². The third-order valence-corrected chi connectivity index (χ3v) is 4.89. The van der Waals surface area contributed by atoms with E-state index in [0.29, 0.717) is 5.82 Å². The molecule has 0 fully saturated rings. The fraction of sp³-hybridized carbons (Fsp3) is 0.0588. The number of benzene rings is 1. The highest BCUT2D eigenvalue weighted by Crippen LogP contribution is 2.18. The lowest BCUT2D eigenvalue weighted by Crippen LogP contribution is -2.35. The molecule has 0 spiro atoms. The minimum atomic E-state index is -4.07. The van der Waals surface area contributed by atoms with E-state index in [-0.39, 0.29) is 16.3 Å². The summed E-state index contributed by atoms with van der Waals surface area (Å²) in [7, 11) is -4.07. The van der Waals surface area contributed by atoms with E-state index in [0.717, 1.165) is 5.56 Å². The molecule has 27 heavy (non-hydrogen) atoms. The first-order valence-electron chi connectivity index (χ1n) is 7.71. The van der Waals surface area contributed by atoms with Gasteiger partial charge >= 0.3 is 6.03 Å². The molecule has 2 N–H and O–H groups in total. The Morgan fingerprint density at radius 2 is 1.93 bits per heavy atom. The Morgan fingerprint density at radius 1 is 1.19 bits per heavy atom. The molecule has 0 saturated heterocycles. The first kappa shape index (κ1) is 18.1. The normalized spacial score (nSPS) is 10.8. The number of aryl methyl sites for hydroxylation is 1. The lowest BCUT2D eigenvalue weighted by atomic mass is 10.2. The van der Waals surface area contributed by atoms with Crippen LogP contribution in [0.3, 0.4) is 0 Å². The fourth-order valence-corrected chi connectivity index (χ4v) is 3.14. The minimum Gasteiger partial charge on any atom is -0.290 e. The van der Waals surface area contributed by atoms with Crippen LogP contribution in [0.4, 0.5) is 10.6 Å². The van der Waals surface area contributed by atoms with E-state index in [1.165, 1.54) is 29.2 Å². The highest BCUT2D eigenvalue weighted by atomic mass is 32.2. The molecule has 3 rings (SSSR count). The van der Waals surface area contributed by atoms with Crippen molar-refractivity contribution in [3.05, 3.63) is 66.0 Å². The van der Waals surface area contributed by atoms with Gasteiger partial charge in [0.2, 0.25) is 0 Å². The number of nitriles is 1. The van der Waals surface area contributed by atoms with Crippen LogP contribution in [0.2, 0.25) is 0 Å².